The monoisotopic (exact) mass is 300 g/mol. The van der Waals surface area contributed by atoms with Gasteiger partial charge in [-0.15, -0.1) is 0 Å². The van der Waals surface area contributed by atoms with Crippen molar-refractivity contribution in [3.8, 4) is 11.1 Å². The number of rotatable bonds is 3. The van der Waals surface area contributed by atoms with Crippen molar-refractivity contribution in [1.29, 1.82) is 0 Å². The Morgan fingerprint density at radius 1 is 0.952 bits per heavy atom. The highest BCUT2D eigenvalue weighted by Crippen LogP contribution is 2.37. The van der Waals surface area contributed by atoms with Crippen LogP contribution in [0.15, 0.2) is 36.7 Å². The van der Waals surface area contributed by atoms with Crippen LogP contribution in [0.25, 0.3) is 11.1 Å². The Hall–Kier alpha value is -1.41. The summed E-state index contributed by atoms with van der Waals surface area (Å²) in [5.74, 6) is 1.69. The van der Waals surface area contributed by atoms with E-state index in [2.05, 4.69) is 41.2 Å². The molecular weight excluding hydrogens is 280 g/mol. The van der Waals surface area contributed by atoms with Gasteiger partial charge < -0.3 is 0 Å². The fourth-order valence-corrected chi connectivity index (χ4v) is 3.41. The summed E-state index contributed by atoms with van der Waals surface area (Å²) < 4.78 is 0. The lowest BCUT2D eigenvalue weighted by molar-refractivity contribution is 0.319. The van der Waals surface area contributed by atoms with E-state index in [1.54, 1.807) is 12.4 Å². The van der Waals surface area contributed by atoms with Crippen LogP contribution in [0, 0.1) is 5.92 Å². The van der Waals surface area contributed by atoms with Gasteiger partial charge in [-0.05, 0) is 60.2 Å². The molecule has 3 rings (SSSR count). The van der Waals surface area contributed by atoms with Gasteiger partial charge in [0.15, 0.2) is 0 Å². The summed E-state index contributed by atoms with van der Waals surface area (Å²) in [7, 11) is 0. The highest BCUT2D eigenvalue weighted by Gasteiger charge is 2.21. The maximum Gasteiger partial charge on any atom is 0.222 e. The first-order valence-corrected chi connectivity index (χ1v) is 8.22. The van der Waals surface area contributed by atoms with E-state index in [0.29, 0.717) is 5.28 Å². The zero-order valence-corrected chi connectivity index (χ0v) is 13.2. The van der Waals surface area contributed by atoms with Crippen LogP contribution in [-0.2, 0) is 0 Å². The smallest absolute Gasteiger partial charge is 0.222 e. The molecule has 1 aliphatic rings. The molecule has 0 amide bonds. The van der Waals surface area contributed by atoms with E-state index in [-0.39, 0.29) is 0 Å². The van der Waals surface area contributed by atoms with Crippen LogP contribution in [-0.4, -0.2) is 9.97 Å². The van der Waals surface area contributed by atoms with E-state index in [1.807, 2.05) is 0 Å². The van der Waals surface area contributed by atoms with Crippen molar-refractivity contribution in [1.82, 2.24) is 9.97 Å². The fraction of sp³-hybridized carbons (Fsp3) is 0.444. The van der Waals surface area contributed by atoms with Crippen molar-refractivity contribution in [2.75, 3.05) is 0 Å². The first-order chi connectivity index (χ1) is 10.3. The lowest BCUT2D eigenvalue weighted by atomic mass is 9.78. The molecule has 1 aliphatic carbocycles. The van der Waals surface area contributed by atoms with E-state index in [9.17, 15) is 0 Å². The standard InChI is InChI=1S/C18H21ClN2/c1-2-13-3-5-14(6-4-13)15-7-9-16(10-8-15)17-11-20-18(19)21-12-17/h7-14H,2-6H2,1H3. The van der Waals surface area contributed by atoms with Crippen molar-refractivity contribution in [2.24, 2.45) is 5.92 Å². The van der Waals surface area contributed by atoms with Crippen molar-refractivity contribution < 1.29 is 0 Å². The Balaban J connectivity index is 1.71. The van der Waals surface area contributed by atoms with Crippen LogP contribution in [0.1, 0.15) is 50.5 Å². The summed E-state index contributed by atoms with van der Waals surface area (Å²) in [6, 6.07) is 8.88. The van der Waals surface area contributed by atoms with Gasteiger partial charge >= 0.3 is 0 Å². The van der Waals surface area contributed by atoms with Gasteiger partial charge in [-0.25, -0.2) is 9.97 Å². The third kappa shape index (κ3) is 3.44. The predicted molar refractivity (Wildman–Crippen MR) is 87.5 cm³/mol. The minimum absolute atomic E-state index is 0.294. The third-order valence-electron chi connectivity index (χ3n) is 4.76. The zero-order valence-electron chi connectivity index (χ0n) is 12.4. The fourth-order valence-electron chi connectivity index (χ4n) is 3.31. The highest BCUT2D eigenvalue weighted by molar-refractivity contribution is 6.28. The second kappa shape index (κ2) is 6.57. The number of benzene rings is 1. The van der Waals surface area contributed by atoms with Gasteiger partial charge in [0.25, 0.3) is 0 Å². The minimum Gasteiger partial charge on any atom is -0.226 e. The van der Waals surface area contributed by atoms with E-state index in [4.69, 9.17) is 11.6 Å². The van der Waals surface area contributed by atoms with Crippen LogP contribution in [0.2, 0.25) is 5.28 Å². The molecule has 0 atom stereocenters. The molecule has 1 heterocycles. The summed E-state index contributed by atoms with van der Waals surface area (Å²) >= 11 is 5.73. The van der Waals surface area contributed by atoms with Gasteiger partial charge in [-0.3, -0.25) is 0 Å². The van der Waals surface area contributed by atoms with Gasteiger partial charge in [-0.1, -0.05) is 37.6 Å². The Kier molecular flexibility index (Phi) is 4.54. The Morgan fingerprint density at radius 3 is 2.14 bits per heavy atom. The van der Waals surface area contributed by atoms with Gasteiger partial charge in [0.05, 0.1) is 0 Å². The number of halogens is 1. The molecule has 0 radical (unpaired) electrons. The van der Waals surface area contributed by atoms with E-state index >= 15 is 0 Å². The van der Waals surface area contributed by atoms with Crippen molar-refractivity contribution in [3.05, 3.63) is 47.5 Å². The van der Waals surface area contributed by atoms with E-state index in [1.165, 1.54) is 37.7 Å². The maximum absolute atomic E-state index is 5.73. The molecule has 0 aliphatic heterocycles. The van der Waals surface area contributed by atoms with Crippen LogP contribution in [0.4, 0.5) is 0 Å². The Morgan fingerprint density at radius 2 is 1.57 bits per heavy atom. The summed E-state index contributed by atoms with van der Waals surface area (Å²) in [4.78, 5) is 8.08. The molecular formula is C18H21ClN2. The number of hydrogen-bond acceptors (Lipinski definition) is 2. The van der Waals surface area contributed by atoms with Gasteiger partial charge in [0.2, 0.25) is 5.28 Å². The summed E-state index contributed by atoms with van der Waals surface area (Å²) in [6.07, 6.45) is 10.3. The third-order valence-corrected chi connectivity index (χ3v) is 4.96. The lowest BCUT2D eigenvalue weighted by Crippen LogP contribution is -2.12. The number of aromatic nitrogens is 2. The minimum atomic E-state index is 0.294. The average Bonchev–Trinajstić information content (AvgIpc) is 2.56. The molecule has 0 saturated heterocycles. The van der Waals surface area contributed by atoms with Gasteiger partial charge in [0.1, 0.15) is 0 Å². The highest BCUT2D eigenvalue weighted by atomic mass is 35.5. The average molecular weight is 301 g/mol. The largest absolute Gasteiger partial charge is 0.226 e. The summed E-state index contributed by atoms with van der Waals surface area (Å²) in [5.41, 5.74) is 3.64. The maximum atomic E-state index is 5.73. The molecule has 3 heteroatoms. The molecule has 0 N–H and O–H groups in total. The summed E-state index contributed by atoms with van der Waals surface area (Å²) in [6.45, 7) is 2.31. The first kappa shape index (κ1) is 14.5. The first-order valence-electron chi connectivity index (χ1n) is 7.84. The zero-order chi connectivity index (χ0) is 14.7. The van der Waals surface area contributed by atoms with Gasteiger partial charge in [-0.2, -0.15) is 0 Å². The normalized spacial score (nSPS) is 22.2. The molecule has 1 aromatic heterocycles. The topological polar surface area (TPSA) is 25.8 Å². The van der Waals surface area contributed by atoms with E-state index in [0.717, 1.165) is 23.0 Å². The molecule has 0 spiro atoms. The van der Waals surface area contributed by atoms with Crippen LogP contribution in [0.5, 0.6) is 0 Å². The summed E-state index contributed by atoms with van der Waals surface area (Å²) in [5, 5.41) is 0.294. The molecule has 2 aromatic rings. The molecule has 0 unspecified atom stereocenters. The number of nitrogens with zero attached hydrogens (tertiary/aromatic N) is 2. The number of hydrogen-bond donors (Lipinski definition) is 0. The van der Waals surface area contributed by atoms with Crippen LogP contribution in [0.3, 0.4) is 0 Å². The Bertz CT molecular complexity index is 569. The van der Waals surface area contributed by atoms with Crippen LogP contribution >= 0.6 is 11.6 Å². The SMILES string of the molecule is CCC1CCC(c2ccc(-c3cnc(Cl)nc3)cc2)CC1. The predicted octanol–water partition coefficient (Wildman–Crippen LogP) is 5.48. The molecule has 0 bridgehead atoms. The van der Waals surface area contributed by atoms with Crippen molar-refractivity contribution >= 4 is 11.6 Å². The van der Waals surface area contributed by atoms with Gasteiger partial charge in [0, 0.05) is 18.0 Å². The molecule has 2 nitrogen and oxygen atoms in total. The van der Waals surface area contributed by atoms with Crippen LogP contribution < -0.4 is 0 Å². The molecule has 1 saturated carbocycles. The van der Waals surface area contributed by atoms with E-state index < -0.39 is 0 Å². The quantitative estimate of drug-likeness (QED) is 0.701. The lowest BCUT2D eigenvalue weighted by Gasteiger charge is -2.28. The molecule has 110 valence electrons. The second-order valence-corrected chi connectivity index (χ2v) is 6.33. The molecule has 1 aromatic carbocycles. The second-order valence-electron chi connectivity index (χ2n) is 5.99. The molecule has 1 fully saturated rings. The van der Waals surface area contributed by atoms with Crippen molar-refractivity contribution in [3.63, 3.8) is 0 Å². The molecule has 21 heavy (non-hydrogen) atoms. The Labute approximate surface area is 131 Å². The van der Waals surface area contributed by atoms with Crippen molar-refractivity contribution in [2.45, 2.75) is 44.9 Å².